The molecule has 0 saturated carbocycles. The molecule has 1 amide bonds. The molecule has 1 aromatic rings. The van der Waals surface area contributed by atoms with Crippen molar-refractivity contribution in [2.24, 2.45) is 0 Å². The SMILES string of the molecule is COc1cc(C(=O)N2CCCCC2)ccc1C. The minimum atomic E-state index is 0.128. The molecule has 1 aliphatic rings. The Balaban J connectivity index is 2.18. The fourth-order valence-corrected chi connectivity index (χ4v) is 2.23. The van der Waals surface area contributed by atoms with Gasteiger partial charge in [0.15, 0.2) is 0 Å². The molecule has 17 heavy (non-hydrogen) atoms. The maximum absolute atomic E-state index is 12.2. The van der Waals surface area contributed by atoms with E-state index in [2.05, 4.69) is 0 Å². The molecule has 3 nitrogen and oxygen atoms in total. The summed E-state index contributed by atoms with van der Waals surface area (Å²) in [5.74, 6) is 0.913. The maximum Gasteiger partial charge on any atom is 0.253 e. The van der Waals surface area contributed by atoms with Gasteiger partial charge in [-0.2, -0.15) is 0 Å². The lowest BCUT2D eigenvalue weighted by Gasteiger charge is -2.26. The van der Waals surface area contributed by atoms with E-state index in [4.69, 9.17) is 4.74 Å². The normalized spacial score (nSPS) is 15.8. The number of ether oxygens (including phenoxy) is 1. The largest absolute Gasteiger partial charge is 0.496 e. The van der Waals surface area contributed by atoms with Gasteiger partial charge in [0.2, 0.25) is 0 Å². The van der Waals surface area contributed by atoms with Gasteiger partial charge in [0.1, 0.15) is 5.75 Å². The van der Waals surface area contributed by atoms with Crippen LogP contribution in [0.2, 0.25) is 0 Å². The fourth-order valence-electron chi connectivity index (χ4n) is 2.23. The number of piperidine rings is 1. The predicted molar refractivity (Wildman–Crippen MR) is 67.5 cm³/mol. The number of amides is 1. The number of benzene rings is 1. The Bertz CT molecular complexity index is 409. The quantitative estimate of drug-likeness (QED) is 0.786. The second-order valence-corrected chi connectivity index (χ2v) is 4.54. The van der Waals surface area contributed by atoms with Crippen molar-refractivity contribution in [2.75, 3.05) is 20.2 Å². The Kier molecular flexibility index (Phi) is 3.67. The fraction of sp³-hybridized carbons (Fsp3) is 0.500. The van der Waals surface area contributed by atoms with Crippen LogP contribution in [0.5, 0.6) is 5.75 Å². The highest BCUT2D eigenvalue weighted by Gasteiger charge is 2.18. The van der Waals surface area contributed by atoms with E-state index in [1.807, 2.05) is 30.0 Å². The first-order valence-corrected chi connectivity index (χ1v) is 6.16. The van der Waals surface area contributed by atoms with Gasteiger partial charge in [0.05, 0.1) is 7.11 Å². The zero-order valence-electron chi connectivity index (χ0n) is 10.5. The van der Waals surface area contributed by atoms with E-state index in [1.165, 1.54) is 6.42 Å². The highest BCUT2D eigenvalue weighted by atomic mass is 16.5. The first kappa shape index (κ1) is 12.0. The molecule has 0 aliphatic carbocycles. The van der Waals surface area contributed by atoms with Crippen molar-refractivity contribution in [3.8, 4) is 5.75 Å². The van der Waals surface area contributed by atoms with Gasteiger partial charge in [-0.3, -0.25) is 4.79 Å². The van der Waals surface area contributed by atoms with E-state index in [9.17, 15) is 4.79 Å². The van der Waals surface area contributed by atoms with E-state index in [0.717, 1.165) is 42.8 Å². The van der Waals surface area contributed by atoms with Crippen LogP contribution in [0.1, 0.15) is 35.2 Å². The molecule has 0 unspecified atom stereocenters. The Labute approximate surface area is 102 Å². The van der Waals surface area contributed by atoms with Gasteiger partial charge >= 0.3 is 0 Å². The molecule has 1 fully saturated rings. The van der Waals surface area contributed by atoms with Gasteiger partial charge in [-0.1, -0.05) is 6.07 Å². The van der Waals surface area contributed by atoms with E-state index in [1.54, 1.807) is 7.11 Å². The van der Waals surface area contributed by atoms with Crippen LogP contribution in [-0.4, -0.2) is 31.0 Å². The Morgan fingerprint density at radius 3 is 2.59 bits per heavy atom. The summed E-state index contributed by atoms with van der Waals surface area (Å²) in [4.78, 5) is 14.2. The molecule has 0 aromatic heterocycles. The van der Waals surface area contributed by atoms with Gasteiger partial charge in [-0.05, 0) is 43.9 Å². The summed E-state index contributed by atoms with van der Waals surface area (Å²) in [6, 6.07) is 5.66. The number of nitrogens with zero attached hydrogens (tertiary/aromatic N) is 1. The number of carbonyl (C=O) groups is 1. The summed E-state index contributed by atoms with van der Waals surface area (Å²) < 4.78 is 5.25. The molecular formula is C14H19NO2. The highest BCUT2D eigenvalue weighted by molar-refractivity contribution is 5.94. The monoisotopic (exact) mass is 233 g/mol. The number of likely N-dealkylation sites (tertiary alicyclic amines) is 1. The van der Waals surface area contributed by atoms with Crippen molar-refractivity contribution in [3.05, 3.63) is 29.3 Å². The van der Waals surface area contributed by atoms with Crippen molar-refractivity contribution in [1.82, 2.24) is 4.90 Å². The average Bonchev–Trinajstić information content (AvgIpc) is 2.39. The van der Waals surface area contributed by atoms with Gasteiger partial charge in [0, 0.05) is 18.7 Å². The zero-order chi connectivity index (χ0) is 12.3. The molecule has 0 bridgehead atoms. The summed E-state index contributed by atoms with van der Waals surface area (Å²) in [6.07, 6.45) is 3.48. The van der Waals surface area contributed by atoms with Crippen LogP contribution in [0.3, 0.4) is 0 Å². The van der Waals surface area contributed by atoms with Crippen molar-refractivity contribution in [2.45, 2.75) is 26.2 Å². The van der Waals surface area contributed by atoms with E-state index in [-0.39, 0.29) is 5.91 Å². The average molecular weight is 233 g/mol. The number of aryl methyl sites for hydroxylation is 1. The third-order valence-electron chi connectivity index (χ3n) is 3.30. The van der Waals surface area contributed by atoms with Crippen LogP contribution in [-0.2, 0) is 0 Å². The highest BCUT2D eigenvalue weighted by Crippen LogP contribution is 2.21. The molecule has 0 spiro atoms. The second kappa shape index (κ2) is 5.21. The smallest absolute Gasteiger partial charge is 0.253 e. The number of rotatable bonds is 2. The summed E-state index contributed by atoms with van der Waals surface area (Å²) in [5.41, 5.74) is 1.79. The molecule has 3 heteroatoms. The molecule has 0 radical (unpaired) electrons. The topological polar surface area (TPSA) is 29.5 Å². The summed E-state index contributed by atoms with van der Waals surface area (Å²) >= 11 is 0. The predicted octanol–water partition coefficient (Wildman–Crippen LogP) is 2.63. The van der Waals surface area contributed by atoms with Crippen LogP contribution in [0.4, 0.5) is 0 Å². The summed E-state index contributed by atoms with van der Waals surface area (Å²) in [6.45, 7) is 3.75. The van der Waals surface area contributed by atoms with Gasteiger partial charge in [-0.25, -0.2) is 0 Å². The summed E-state index contributed by atoms with van der Waals surface area (Å²) in [5, 5.41) is 0. The minimum Gasteiger partial charge on any atom is -0.496 e. The molecule has 0 atom stereocenters. The third-order valence-corrected chi connectivity index (χ3v) is 3.30. The number of methoxy groups -OCH3 is 1. The third kappa shape index (κ3) is 2.60. The maximum atomic E-state index is 12.2. The Morgan fingerprint density at radius 2 is 1.94 bits per heavy atom. The molecule has 1 saturated heterocycles. The molecular weight excluding hydrogens is 214 g/mol. The molecule has 2 rings (SSSR count). The van der Waals surface area contributed by atoms with Crippen molar-refractivity contribution in [1.29, 1.82) is 0 Å². The first-order valence-electron chi connectivity index (χ1n) is 6.16. The molecule has 1 aromatic carbocycles. The standard InChI is InChI=1S/C14H19NO2/c1-11-6-7-12(10-13(11)17-2)14(16)15-8-4-3-5-9-15/h6-7,10H,3-5,8-9H2,1-2H3. The van der Waals surface area contributed by atoms with Gasteiger partial charge in [-0.15, -0.1) is 0 Å². The number of hydrogen-bond acceptors (Lipinski definition) is 2. The van der Waals surface area contributed by atoms with E-state index < -0.39 is 0 Å². The van der Waals surface area contributed by atoms with E-state index in [0.29, 0.717) is 0 Å². The van der Waals surface area contributed by atoms with Crippen LogP contribution in [0.25, 0.3) is 0 Å². The van der Waals surface area contributed by atoms with Gasteiger partial charge < -0.3 is 9.64 Å². The molecule has 92 valence electrons. The Morgan fingerprint density at radius 1 is 1.24 bits per heavy atom. The van der Waals surface area contributed by atoms with Crippen LogP contribution < -0.4 is 4.74 Å². The van der Waals surface area contributed by atoms with E-state index >= 15 is 0 Å². The number of carbonyl (C=O) groups excluding carboxylic acids is 1. The lowest BCUT2D eigenvalue weighted by molar-refractivity contribution is 0.0724. The van der Waals surface area contributed by atoms with Crippen molar-refractivity contribution < 1.29 is 9.53 Å². The van der Waals surface area contributed by atoms with Crippen LogP contribution in [0.15, 0.2) is 18.2 Å². The van der Waals surface area contributed by atoms with Crippen LogP contribution >= 0.6 is 0 Å². The second-order valence-electron chi connectivity index (χ2n) is 4.54. The zero-order valence-corrected chi connectivity index (χ0v) is 10.5. The van der Waals surface area contributed by atoms with Crippen molar-refractivity contribution in [3.63, 3.8) is 0 Å². The Hall–Kier alpha value is -1.51. The molecule has 0 N–H and O–H groups in total. The molecule has 1 heterocycles. The summed E-state index contributed by atoms with van der Waals surface area (Å²) in [7, 11) is 1.64. The van der Waals surface area contributed by atoms with Crippen molar-refractivity contribution >= 4 is 5.91 Å². The first-order chi connectivity index (χ1) is 8.22. The lowest BCUT2D eigenvalue weighted by Crippen LogP contribution is -2.35. The lowest BCUT2D eigenvalue weighted by atomic mass is 10.1. The van der Waals surface area contributed by atoms with Crippen LogP contribution in [0, 0.1) is 6.92 Å². The number of hydrogen-bond donors (Lipinski definition) is 0. The minimum absolute atomic E-state index is 0.128. The van der Waals surface area contributed by atoms with Gasteiger partial charge in [0.25, 0.3) is 5.91 Å². The molecule has 1 aliphatic heterocycles.